The fourth-order valence-corrected chi connectivity index (χ4v) is 1.66. The van der Waals surface area contributed by atoms with Crippen molar-refractivity contribution in [3.05, 3.63) is 31.2 Å². The predicted molar refractivity (Wildman–Crippen MR) is 76.2 cm³/mol. The van der Waals surface area contributed by atoms with Crippen LogP contribution in [-0.4, -0.2) is 13.2 Å². The zero-order chi connectivity index (χ0) is 13.1. The number of rotatable bonds is 10. The molecule has 101 valence electrons. The Kier molecular flexibility index (Phi) is 8.11. The van der Waals surface area contributed by atoms with E-state index in [4.69, 9.17) is 9.47 Å². The smallest absolute Gasteiger partial charge is 0.122 e. The van der Waals surface area contributed by atoms with E-state index in [1.807, 2.05) is 24.3 Å². The van der Waals surface area contributed by atoms with Gasteiger partial charge in [0.15, 0.2) is 0 Å². The van der Waals surface area contributed by atoms with E-state index in [0.29, 0.717) is 0 Å². The minimum Gasteiger partial charge on any atom is -0.493 e. The molecule has 0 spiro atoms. The molecular weight excluding hydrogens is 224 g/mol. The van der Waals surface area contributed by atoms with E-state index >= 15 is 0 Å². The van der Waals surface area contributed by atoms with Gasteiger partial charge in [-0.15, -0.1) is 0 Å². The average Bonchev–Trinajstić information content (AvgIpc) is 2.39. The molecule has 1 aromatic carbocycles. The van der Waals surface area contributed by atoms with Gasteiger partial charge in [0.05, 0.1) is 13.2 Å². The van der Waals surface area contributed by atoms with Crippen LogP contribution in [0.2, 0.25) is 0 Å². The van der Waals surface area contributed by atoms with Gasteiger partial charge in [-0.3, -0.25) is 0 Å². The van der Waals surface area contributed by atoms with Crippen LogP contribution in [0.4, 0.5) is 0 Å². The molecule has 0 heterocycles. The highest BCUT2D eigenvalue weighted by molar-refractivity contribution is 5.32. The Bertz CT molecular complexity index is 310. The fraction of sp³-hybridized carbons (Fsp3) is 0.562. The summed E-state index contributed by atoms with van der Waals surface area (Å²) in [5.41, 5.74) is 0. The van der Waals surface area contributed by atoms with Crippen LogP contribution >= 0.6 is 0 Å². The molecule has 0 saturated carbocycles. The van der Waals surface area contributed by atoms with Crippen molar-refractivity contribution in [3.63, 3.8) is 0 Å². The van der Waals surface area contributed by atoms with Gasteiger partial charge in [-0.1, -0.05) is 45.6 Å². The van der Waals surface area contributed by atoms with Crippen LogP contribution < -0.4 is 9.47 Å². The second-order valence-electron chi connectivity index (χ2n) is 4.44. The highest BCUT2D eigenvalue weighted by atomic mass is 16.5. The van der Waals surface area contributed by atoms with Crippen LogP contribution in [-0.2, 0) is 0 Å². The molecule has 0 N–H and O–H groups in total. The SMILES string of the molecule is [CH2]CCCOc1cccc(OCCCCCC)c1. The second kappa shape index (κ2) is 9.81. The van der Waals surface area contributed by atoms with Crippen LogP contribution in [0, 0.1) is 6.92 Å². The maximum absolute atomic E-state index is 5.71. The van der Waals surface area contributed by atoms with E-state index in [-0.39, 0.29) is 0 Å². The van der Waals surface area contributed by atoms with E-state index < -0.39 is 0 Å². The molecule has 0 aliphatic heterocycles. The largest absolute Gasteiger partial charge is 0.493 e. The first-order valence-electron chi connectivity index (χ1n) is 7.01. The van der Waals surface area contributed by atoms with E-state index in [1.54, 1.807) is 0 Å². The van der Waals surface area contributed by atoms with Crippen molar-refractivity contribution in [2.45, 2.75) is 45.4 Å². The number of hydrogen-bond acceptors (Lipinski definition) is 2. The molecule has 2 nitrogen and oxygen atoms in total. The van der Waals surface area contributed by atoms with Crippen LogP contribution in [0.3, 0.4) is 0 Å². The lowest BCUT2D eigenvalue weighted by Gasteiger charge is -2.09. The number of unbranched alkanes of at least 4 members (excludes halogenated alkanes) is 4. The van der Waals surface area contributed by atoms with Gasteiger partial charge in [-0.2, -0.15) is 0 Å². The van der Waals surface area contributed by atoms with E-state index in [9.17, 15) is 0 Å². The van der Waals surface area contributed by atoms with E-state index in [0.717, 1.165) is 44.0 Å². The summed E-state index contributed by atoms with van der Waals surface area (Å²) in [6.07, 6.45) is 6.82. The van der Waals surface area contributed by atoms with Crippen molar-refractivity contribution >= 4 is 0 Å². The molecule has 0 aliphatic rings. The van der Waals surface area contributed by atoms with Gasteiger partial charge in [0, 0.05) is 6.07 Å². The van der Waals surface area contributed by atoms with Crippen molar-refractivity contribution in [1.82, 2.24) is 0 Å². The molecule has 1 rings (SSSR count). The van der Waals surface area contributed by atoms with E-state index in [1.165, 1.54) is 19.3 Å². The average molecular weight is 249 g/mol. The zero-order valence-electron chi connectivity index (χ0n) is 11.5. The topological polar surface area (TPSA) is 18.5 Å². The zero-order valence-corrected chi connectivity index (χ0v) is 11.5. The summed E-state index contributed by atoms with van der Waals surface area (Å²) >= 11 is 0. The third kappa shape index (κ3) is 6.53. The van der Waals surface area contributed by atoms with Gasteiger partial charge in [0.1, 0.15) is 11.5 Å². The van der Waals surface area contributed by atoms with Crippen molar-refractivity contribution in [2.24, 2.45) is 0 Å². The number of benzene rings is 1. The van der Waals surface area contributed by atoms with Crippen molar-refractivity contribution in [3.8, 4) is 11.5 Å². The Morgan fingerprint density at radius 1 is 0.944 bits per heavy atom. The third-order valence-electron chi connectivity index (χ3n) is 2.74. The molecule has 0 bridgehead atoms. The van der Waals surface area contributed by atoms with Crippen LogP contribution in [0.5, 0.6) is 11.5 Å². The van der Waals surface area contributed by atoms with Gasteiger partial charge < -0.3 is 9.47 Å². The van der Waals surface area contributed by atoms with Crippen molar-refractivity contribution < 1.29 is 9.47 Å². The Labute approximate surface area is 111 Å². The molecule has 0 saturated heterocycles. The predicted octanol–water partition coefficient (Wildman–Crippen LogP) is 4.64. The van der Waals surface area contributed by atoms with Crippen LogP contribution in [0.1, 0.15) is 45.4 Å². The molecule has 2 heteroatoms. The first-order chi connectivity index (χ1) is 8.86. The van der Waals surface area contributed by atoms with E-state index in [2.05, 4.69) is 13.8 Å². The summed E-state index contributed by atoms with van der Waals surface area (Å²) in [6, 6.07) is 7.88. The summed E-state index contributed by atoms with van der Waals surface area (Å²) in [4.78, 5) is 0. The Morgan fingerprint density at radius 3 is 2.22 bits per heavy atom. The highest BCUT2D eigenvalue weighted by Gasteiger charge is 1.98. The first-order valence-corrected chi connectivity index (χ1v) is 7.01. The summed E-state index contributed by atoms with van der Waals surface area (Å²) < 4.78 is 11.3. The molecule has 0 aliphatic carbocycles. The molecule has 0 amide bonds. The molecule has 1 aromatic rings. The molecule has 0 aromatic heterocycles. The number of ether oxygens (including phenoxy) is 2. The standard InChI is InChI=1S/C16H25O2/c1-3-5-7-8-13-18-16-11-9-10-15(14-16)17-12-6-4-2/h9-11,14H,2-8,12-13H2,1H3. The second-order valence-corrected chi connectivity index (χ2v) is 4.44. The third-order valence-corrected chi connectivity index (χ3v) is 2.74. The maximum atomic E-state index is 5.71. The first kappa shape index (κ1) is 14.9. The molecule has 1 radical (unpaired) electrons. The summed E-state index contributed by atoms with van der Waals surface area (Å²) in [5.74, 6) is 1.79. The summed E-state index contributed by atoms with van der Waals surface area (Å²) in [5, 5.41) is 0. The Morgan fingerprint density at radius 2 is 1.61 bits per heavy atom. The maximum Gasteiger partial charge on any atom is 0.122 e. The summed E-state index contributed by atoms with van der Waals surface area (Å²) in [7, 11) is 0. The van der Waals surface area contributed by atoms with Gasteiger partial charge >= 0.3 is 0 Å². The van der Waals surface area contributed by atoms with Crippen LogP contribution in [0.15, 0.2) is 24.3 Å². The lowest BCUT2D eigenvalue weighted by molar-refractivity contribution is 0.293. The molecule has 0 atom stereocenters. The lowest BCUT2D eigenvalue weighted by Crippen LogP contribution is -1.99. The normalized spacial score (nSPS) is 10.3. The molecule has 18 heavy (non-hydrogen) atoms. The Balaban J connectivity index is 2.26. The van der Waals surface area contributed by atoms with Gasteiger partial charge in [0.25, 0.3) is 0 Å². The number of hydrogen-bond donors (Lipinski definition) is 0. The van der Waals surface area contributed by atoms with Gasteiger partial charge in [0.2, 0.25) is 0 Å². The monoisotopic (exact) mass is 249 g/mol. The molecule has 0 fully saturated rings. The van der Waals surface area contributed by atoms with Gasteiger partial charge in [-0.05, 0) is 25.0 Å². The van der Waals surface area contributed by atoms with Crippen molar-refractivity contribution in [2.75, 3.05) is 13.2 Å². The molecule has 0 unspecified atom stereocenters. The lowest BCUT2D eigenvalue weighted by atomic mass is 10.2. The van der Waals surface area contributed by atoms with Crippen molar-refractivity contribution in [1.29, 1.82) is 0 Å². The van der Waals surface area contributed by atoms with Gasteiger partial charge in [-0.25, -0.2) is 0 Å². The van der Waals surface area contributed by atoms with Crippen LogP contribution in [0.25, 0.3) is 0 Å². The minimum absolute atomic E-state index is 0.726. The molecular formula is C16H25O2. The minimum atomic E-state index is 0.726. The quantitative estimate of drug-likeness (QED) is 0.562. The highest BCUT2D eigenvalue weighted by Crippen LogP contribution is 2.20. The fourth-order valence-electron chi connectivity index (χ4n) is 1.66. The Hall–Kier alpha value is -1.18. The summed E-state index contributed by atoms with van der Waals surface area (Å²) in [6.45, 7) is 7.53.